The Balaban J connectivity index is 1.92. The van der Waals surface area contributed by atoms with Crippen molar-refractivity contribution in [3.63, 3.8) is 0 Å². The van der Waals surface area contributed by atoms with Crippen molar-refractivity contribution in [3.8, 4) is 0 Å². The second kappa shape index (κ2) is 6.20. The van der Waals surface area contributed by atoms with Crippen LogP contribution in [-0.2, 0) is 6.54 Å². The minimum atomic E-state index is -0.859. The van der Waals surface area contributed by atoms with Crippen LogP contribution in [0.15, 0.2) is 24.3 Å². The van der Waals surface area contributed by atoms with E-state index in [9.17, 15) is 4.79 Å². The van der Waals surface area contributed by atoms with Crippen LogP contribution in [0, 0.1) is 11.8 Å². The maximum absolute atomic E-state index is 10.9. The molecule has 1 saturated carbocycles. The van der Waals surface area contributed by atoms with Crippen molar-refractivity contribution in [2.75, 3.05) is 0 Å². The van der Waals surface area contributed by atoms with E-state index < -0.39 is 5.97 Å². The van der Waals surface area contributed by atoms with Gasteiger partial charge in [-0.1, -0.05) is 32.4 Å². The number of carboxylic acid groups (broad SMARTS) is 1. The van der Waals surface area contributed by atoms with Crippen molar-refractivity contribution in [1.29, 1.82) is 0 Å². The van der Waals surface area contributed by atoms with E-state index in [0.717, 1.165) is 18.0 Å². The number of aromatic carboxylic acids is 1. The average Bonchev–Trinajstić information content (AvgIpc) is 2.77. The molecule has 3 nitrogen and oxygen atoms in total. The lowest BCUT2D eigenvalue weighted by Gasteiger charge is -2.21. The number of nitrogens with one attached hydrogen (secondary N) is 1. The Hall–Kier alpha value is -1.35. The van der Waals surface area contributed by atoms with Gasteiger partial charge in [0.15, 0.2) is 0 Å². The lowest BCUT2D eigenvalue weighted by atomic mass is 9.93. The Morgan fingerprint density at radius 3 is 2.84 bits per heavy atom. The zero-order valence-electron chi connectivity index (χ0n) is 11.7. The Morgan fingerprint density at radius 1 is 1.42 bits per heavy atom. The average molecular weight is 261 g/mol. The van der Waals surface area contributed by atoms with Gasteiger partial charge < -0.3 is 10.4 Å². The minimum absolute atomic E-state index is 0.366. The standard InChI is InChI=1S/C16H23NO2/c1-3-13-7-8-15(11(13)2)17-10-12-5-4-6-14(9-12)16(18)19/h4-6,9,11,13,15,17H,3,7-8,10H2,1-2H3,(H,18,19). The second-order valence-corrected chi connectivity index (χ2v) is 5.60. The molecule has 0 aliphatic heterocycles. The first-order chi connectivity index (χ1) is 9.11. The Kier molecular flexibility index (Phi) is 4.59. The van der Waals surface area contributed by atoms with Gasteiger partial charge in [0.2, 0.25) is 0 Å². The molecule has 0 spiro atoms. The summed E-state index contributed by atoms with van der Waals surface area (Å²) < 4.78 is 0. The molecule has 0 bridgehead atoms. The third-order valence-electron chi connectivity index (χ3n) is 4.49. The first-order valence-corrected chi connectivity index (χ1v) is 7.17. The van der Waals surface area contributed by atoms with Crippen molar-refractivity contribution in [3.05, 3.63) is 35.4 Å². The predicted molar refractivity (Wildman–Crippen MR) is 76.2 cm³/mol. The highest BCUT2D eigenvalue weighted by molar-refractivity contribution is 5.87. The van der Waals surface area contributed by atoms with E-state index in [2.05, 4.69) is 19.2 Å². The predicted octanol–water partition coefficient (Wildman–Crippen LogP) is 3.30. The molecule has 0 saturated heterocycles. The van der Waals surface area contributed by atoms with Crippen LogP contribution in [0.2, 0.25) is 0 Å². The highest BCUT2D eigenvalue weighted by atomic mass is 16.4. The van der Waals surface area contributed by atoms with E-state index in [4.69, 9.17) is 5.11 Å². The van der Waals surface area contributed by atoms with Crippen LogP contribution in [-0.4, -0.2) is 17.1 Å². The van der Waals surface area contributed by atoms with Gasteiger partial charge in [0.05, 0.1) is 5.56 Å². The van der Waals surface area contributed by atoms with E-state index in [1.54, 1.807) is 12.1 Å². The quantitative estimate of drug-likeness (QED) is 0.855. The van der Waals surface area contributed by atoms with Crippen molar-refractivity contribution in [2.24, 2.45) is 11.8 Å². The molecule has 1 aliphatic carbocycles. The van der Waals surface area contributed by atoms with Crippen LogP contribution < -0.4 is 5.32 Å². The molecule has 104 valence electrons. The minimum Gasteiger partial charge on any atom is -0.478 e. The van der Waals surface area contributed by atoms with Crippen LogP contribution in [0.1, 0.15) is 49.0 Å². The molecule has 0 heterocycles. The fraction of sp³-hybridized carbons (Fsp3) is 0.562. The van der Waals surface area contributed by atoms with Gasteiger partial charge in [-0.25, -0.2) is 4.79 Å². The Bertz CT molecular complexity index is 444. The molecule has 1 aliphatic rings. The van der Waals surface area contributed by atoms with E-state index in [-0.39, 0.29) is 0 Å². The third kappa shape index (κ3) is 3.35. The molecule has 19 heavy (non-hydrogen) atoms. The van der Waals surface area contributed by atoms with Crippen LogP contribution in [0.4, 0.5) is 0 Å². The number of benzene rings is 1. The van der Waals surface area contributed by atoms with Gasteiger partial charge in [-0.2, -0.15) is 0 Å². The monoisotopic (exact) mass is 261 g/mol. The van der Waals surface area contributed by atoms with Crippen LogP contribution in [0.25, 0.3) is 0 Å². The van der Waals surface area contributed by atoms with Gasteiger partial charge >= 0.3 is 5.97 Å². The molecule has 3 atom stereocenters. The molecule has 3 unspecified atom stereocenters. The van der Waals surface area contributed by atoms with Crippen LogP contribution >= 0.6 is 0 Å². The van der Waals surface area contributed by atoms with E-state index >= 15 is 0 Å². The second-order valence-electron chi connectivity index (χ2n) is 5.60. The molecule has 0 aromatic heterocycles. The zero-order chi connectivity index (χ0) is 13.8. The van der Waals surface area contributed by atoms with Gasteiger partial charge in [-0.3, -0.25) is 0 Å². The summed E-state index contributed by atoms with van der Waals surface area (Å²) in [4.78, 5) is 10.9. The van der Waals surface area contributed by atoms with Crippen LogP contribution in [0.3, 0.4) is 0 Å². The third-order valence-corrected chi connectivity index (χ3v) is 4.49. The number of carboxylic acids is 1. The largest absolute Gasteiger partial charge is 0.478 e. The molecular weight excluding hydrogens is 238 g/mol. The highest BCUT2D eigenvalue weighted by Gasteiger charge is 2.30. The van der Waals surface area contributed by atoms with Gasteiger partial charge in [-0.15, -0.1) is 0 Å². The summed E-state index contributed by atoms with van der Waals surface area (Å²) in [5, 5.41) is 12.6. The van der Waals surface area contributed by atoms with E-state index in [1.807, 2.05) is 12.1 Å². The molecule has 2 rings (SSSR count). The smallest absolute Gasteiger partial charge is 0.335 e. The van der Waals surface area contributed by atoms with Gasteiger partial charge in [0, 0.05) is 12.6 Å². The summed E-state index contributed by atoms with van der Waals surface area (Å²) in [7, 11) is 0. The summed E-state index contributed by atoms with van der Waals surface area (Å²) >= 11 is 0. The van der Waals surface area contributed by atoms with Crippen molar-refractivity contribution in [2.45, 2.75) is 45.7 Å². The normalized spacial score (nSPS) is 26.5. The van der Waals surface area contributed by atoms with E-state index in [1.165, 1.54) is 19.3 Å². The number of rotatable bonds is 5. The summed E-state index contributed by atoms with van der Waals surface area (Å²) in [6.07, 6.45) is 3.80. The fourth-order valence-corrected chi connectivity index (χ4v) is 3.18. The van der Waals surface area contributed by atoms with Crippen molar-refractivity contribution < 1.29 is 9.90 Å². The van der Waals surface area contributed by atoms with Crippen molar-refractivity contribution in [1.82, 2.24) is 5.32 Å². The highest BCUT2D eigenvalue weighted by Crippen LogP contribution is 2.33. The molecule has 1 fully saturated rings. The number of carbonyl (C=O) groups is 1. The summed E-state index contributed by atoms with van der Waals surface area (Å²) in [6, 6.07) is 7.76. The molecule has 3 heteroatoms. The molecule has 0 radical (unpaired) electrons. The molecule has 1 aromatic carbocycles. The van der Waals surface area contributed by atoms with Gasteiger partial charge in [0.25, 0.3) is 0 Å². The molecule has 0 amide bonds. The first-order valence-electron chi connectivity index (χ1n) is 7.17. The maximum Gasteiger partial charge on any atom is 0.335 e. The first kappa shape index (κ1) is 14.1. The van der Waals surface area contributed by atoms with Crippen molar-refractivity contribution >= 4 is 5.97 Å². The molecule has 1 aromatic rings. The molecule has 2 N–H and O–H groups in total. The topological polar surface area (TPSA) is 49.3 Å². The fourth-order valence-electron chi connectivity index (χ4n) is 3.18. The maximum atomic E-state index is 10.9. The lowest BCUT2D eigenvalue weighted by Crippen LogP contribution is -2.32. The summed E-state index contributed by atoms with van der Waals surface area (Å²) in [5.41, 5.74) is 1.41. The number of hydrogen-bond acceptors (Lipinski definition) is 2. The lowest BCUT2D eigenvalue weighted by molar-refractivity contribution is 0.0696. The molecular formula is C16H23NO2. The number of hydrogen-bond donors (Lipinski definition) is 2. The Morgan fingerprint density at radius 2 is 2.21 bits per heavy atom. The zero-order valence-corrected chi connectivity index (χ0v) is 11.7. The summed E-state index contributed by atoms with van der Waals surface area (Å²) in [5.74, 6) is 0.692. The van der Waals surface area contributed by atoms with Crippen LogP contribution in [0.5, 0.6) is 0 Å². The van der Waals surface area contributed by atoms with Gasteiger partial charge in [0.1, 0.15) is 0 Å². The van der Waals surface area contributed by atoms with Gasteiger partial charge in [-0.05, 0) is 42.4 Å². The Labute approximate surface area is 115 Å². The summed E-state index contributed by atoms with van der Waals surface area (Å²) in [6.45, 7) is 5.35. The van der Waals surface area contributed by atoms with E-state index in [0.29, 0.717) is 17.5 Å². The SMILES string of the molecule is CCC1CCC(NCc2cccc(C(=O)O)c2)C1C.